The van der Waals surface area contributed by atoms with E-state index in [9.17, 15) is 0 Å². The van der Waals surface area contributed by atoms with Gasteiger partial charge in [-0.25, -0.2) is 0 Å². The summed E-state index contributed by atoms with van der Waals surface area (Å²) in [7, 11) is 0. The van der Waals surface area contributed by atoms with Gasteiger partial charge in [-0.05, 0) is 0 Å². The monoisotopic (exact) mass is 786 g/mol. The fraction of sp³-hybridized carbons (Fsp3) is 0.415. The minimum atomic E-state index is -3.04. The number of hydrogen-bond acceptors (Lipinski definition) is 0. The molecule has 0 spiro atoms. The summed E-state index contributed by atoms with van der Waals surface area (Å²) in [6, 6.07) is 28.7. The van der Waals surface area contributed by atoms with Gasteiger partial charge in [0.2, 0.25) is 0 Å². The number of rotatable bonds is 4. The van der Waals surface area contributed by atoms with Gasteiger partial charge in [0.15, 0.2) is 0 Å². The molecule has 0 bridgehead atoms. The first-order valence-electron chi connectivity index (χ1n) is 17.3. The van der Waals surface area contributed by atoms with Crippen molar-refractivity contribution in [2.45, 2.75) is 86.3 Å². The molecule has 1 saturated heterocycles. The van der Waals surface area contributed by atoms with Crippen LogP contribution in [0.2, 0.25) is 8.35 Å². The van der Waals surface area contributed by atoms with E-state index in [1.165, 1.54) is 92.2 Å². The largest absolute Gasteiger partial charge is 1.00 e. The SMILES string of the molecule is C1=C(C2CCCCC2)[CH]([Hf+2]2([CH]3C(C4CCCCC4)=Cc4c3ccc3ccccc43)[CH2]C[CH2]2)c2ccc3ccccc3c21.[Cl-].[Cl-]. The second kappa shape index (κ2) is 12.5. The molecule has 4 aromatic rings. The van der Waals surface area contributed by atoms with Crippen LogP contribution in [0.3, 0.4) is 0 Å². The summed E-state index contributed by atoms with van der Waals surface area (Å²) in [4.78, 5) is 0. The van der Waals surface area contributed by atoms with Crippen LogP contribution in [0.5, 0.6) is 0 Å². The van der Waals surface area contributed by atoms with Gasteiger partial charge in [0.05, 0.1) is 0 Å². The number of fused-ring (bicyclic) bond motifs is 6. The van der Waals surface area contributed by atoms with Crippen molar-refractivity contribution in [1.29, 1.82) is 0 Å². The third kappa shape index (κ3) is 4.77. The van der Waals surface area contributed by atoms with E-state index in [1.54, 1.807) is 30.6 Å². The van der Waals surface area contributed by atoms with Crippen molar-refractivity contribution in [1.82, 2.24) is 0 Å². The maximum absolute atomic E-state index is 3.04. The second-order valence-electron chi connectivity index (χ2n) is 14.5. The van der Waals surface area contributed by atoms with Gasteiger partial charge in [-0.1, -0.05) is 0 Å². The molecule has 2 unspecified atom stereocenters. The Labute approximate surface area is 280 Å². The predicted octanol–water partition coefficient (Wildman–Crippen LogP) is 6.13. The molecule has 0 aromatic heterocycles. The van der Waals surface area contributed by atoms with Gasteiger partial charge in [0, 0.05) is 0 Å². The van der Waals surface area contributed by atoms with Gasteiger partial charge in [-0.3, -0.25) is 0 Å². The van der Waals surface area contributed by atoms with Gasteiger partial charge < -0.3 is 24.8 Å². The Morgan fingerprint density at radius 3 is 1.30 bits per heavy atom. The Morgan fingerprint density at radius 2 is 0.886 bits per heavy atom. The van der Waals surface area contributed by atoms with Gasteiger partial charge >= 0.3 is 258 Å². The quantitative estimate of drug-likeness (QED) is 0.219. The van der Waals surface area contributed by atoms with Crippen molar-refractivity contribution in [3.63, 3.8) is 0 Å². The Balaban J connectivity index is 0.00000156. The van der Waals surface area contributed by atoms with E-state index < -0.39 is 20.0 Å². The minimum absolute atomic E-state index is 0. The summed E-state index contributed by atoms with van der Waals surface area (Å²) in [6.07, 6.45) is 21.4. The molecule has 0 nitrogen and oxygen atoms in total. The fourth-order valence-electron chi connectivity index (χ4n) is 10.5. The maximum Gasteiger partial charge on any atom is -1.00 e. The van der Waals surface area contributed by atoms with Gasteiger partial charge in [0.1, 0.15) is 0 Å². The number of hydrogen-bond donors (Lipinski definition) is 0. The van der Waals surface area contributed by atoms with E-state index >= 15 is 0 Å². The van der Waals surface area contributed by atoms with Crippen molar-refractivity contribution in [3.05, 3.63) is 106 Å². The van der Waals surface area contributed by atoms with Crippen LogP contribution in [0, 0.1) is 11.8 Å². The summed E-state index contributed by atoms with van der Waals surface area (Å²) in [6.45, 7) is 0. The molecule has 1 aliphatic heterocycles. The first kappa shape index (κ1) is 31.0. The van der Waals surface area contributed by atoms with Gasteiger partial charge in [-0.2, -0.15) is 0 Å². The number of benzene rings is 4. The Kier molecular flexibility index (Phi) is 8.80. The molecular weight excluding hydrogens is 742 g/mol. The third-order valence-corrected chi connectivity index (χ3v) is 34.6. The molecule has 5 aliphatic rings. The van der Waals surface area contributed by atoms with Crippen LogP contribution in [0.1, 0.15) is 100 Å². The maximum atomic E-state index is 2.79. The standard InChI is InChI=1S/2C19H19.C3H6.2ClH.Hf/c2*1-2-6-14(7-3-1)17-12-16-11-10-15-8-4-5-9-18(15)19(16)13-17;1-3-2;;;/h2*4-5,8-14H,1-3,6-7H2;1-3H2;2*1H;/q;;;;;+2/p-2. The molecule has 2 saturated carbocycles. The predicted molar refractivity (Wildman–Crippen MR) is 177 cm³/mol. The number of allylic oxidation sites excluding steroid dienone is 2. The smallest absolute Gasteiger partial charge is 1.00 e. The molecule has 1 heterocycles. The zero-order valence-electron chi connectivity index (χ0n) is 25.8. The van der Waals surface area contributed by atoms with Crippen LogP contribution in [-0.4, -0.2) is 0 Å². The van der Waals surface area contributed by atoms with E-state index in [0.717, 1.165) is 19.2 Å². The third-order valence-electron chi connectivity index (χ3n) is 12.5. The summed E-state index contributed by atoms with van der Waals surface area (Å²) < 4.78 is 4.75. The van der Waals surface area contributed by atoms with Crippen LogP contribution in [0.15, 0.2) is 83.9 Å². The molecule has 44 heavy (non-hydrogen) atoms. The molecule has 9 rings (SSSR count). The first-order chi connectivity index (χ1) is 20.8. The molecule has 4 aromatic carbocycles. The Bertz CT molecular complexity index is 1620. The molecule has 3 heteroatoms. The van der Waals surface area contributed by atoms with E-state index in [0.29, 0.717) is 0 Å². The second-order valence-corrected chi connectivity index (χ2v) is 31.1. The number of halogens is 2. The average molecular weight is 786 g/mol. The van der Waals surface area contributed by atoms with Gasteiger partial charge in [0.25, 0.3) is 0 Å². The van der Waals surface area contributed by atoms with Crippen LogP contribution in [0.4, 0.5) is 0 Å². The Morgan fingerprint density at radius 1 is 0.455 bits per heavy atom. The minimum Gasteiger partial charge on any atom is -1.00 e. The van der Waals surface area contributed by atoms with E-state index in [-0.39, 0.29) is 24.8 Å². The topological polar surface area (TPSA) is 0 Å². The molecule has 2 atom stereocenters. The van der Waals surface area contributed by atoms with Crippen LogP contribution < -0.4 is 24.8 Å². The molecular formula is C41H44Cl2Hf. The Hall–Kier alpha value is -1.67. The van der Waals surface area contributed by atoms with Crippen molar-refractivity contribution in [2.75, 3.05) is 0 Å². The summed E-state index contributed by atoms with van der Waals surface area (Å²) >= 11 is -3.04. The van der Waals surface area contributed by atoms with Crippen molar-refractivity contribution in [2.24, 2.45) is 11.8 Å². The van der Waals surface area contributed by atoms with Crippen LogP contribution >= 0.6 is 0 Å². The van der Waals surface area contributed by atoms with Crippen LogP contribution in [0.25, 0.3) is 33.7 Å². The van der Waals surface area contributed by atoms with Crippen molar-refractivity contribution < 1.29 is 44.8 Å². The van der Waals surface area contributed by atoms with E-state index in [1.807, 2.05) is 11.1 Å². The summed E-state index contributed by atoms with van der Waals surface area (Å²) in [5.41, 5.74) is 10.6. The summed E-state index contributed by atoms with van der Waals surface area (Å²) in [5.74, 6) is 1.62. The molecule has 0 N–H and O–H groups in total. The van der Waals surface area contributed by atoms with Gasteiger partial charge in [-0.15, -0.1) is 0 Å². The molecule has 0 amide bonds. The molecule has 3 fully saturated rings. The zero-order chi connectivity index (χ0) is 27.7. The van der Waals surface area contributed by atoms with E-state index in [4.69, 9.17) is 0 Å². The molecule has 0 radical (unpaired) electrons. The first-order valence-corrected chi connectivity index (χ1v) is 26.5. The zero-order valence-corrected chi connectivity index (χ0v) is 30.9. The average Bonchev–Trinajstić information content (AvgIpc) is 3.62. The summed E-state index contributed by atoms with van der Waals surface area (Å²) in [5, 5.41) is 5.87. The molecule has 226 valence electrons. The van der Waals surface area contributed by atoms with Crippen LogP contribution in [-0.2, 0) is 20.0 Å². The normalized spacial score (nSPS) is 23.7. The van der Waals surface area contributed by atoms with Crippen molar-refractivity contribution in [3.8, 4) is 0 Å². The van der Waals surface area contributed by atoms with E-state index in [2.05, 4.69) is 84.9 Å². The van der Waals surface area contributed by atoms with Crippen molar-refractivity contribution >= 4 is 33.7 Å². The molecule has 4 aliphatic carbocycles. The fourth-order valence-corrected chi connectivity index (χ4v) is 33.4.